The van der Waals surface area contributed by atoms with Gasteiger partial charge in [0, 0.05) is 9.13 Å². The average molecular weight is 287 g/mol. The van der Waals surface area contributed by atoms with Crippen LogP contribution in [-0.4, -0.2) is 7.11 Å². The van der Waals surface area contributed by atoms with Crippen LogP contribution in [0.4, 0.5) is 0 Å². The number of benzene rings is 1. The van der Waals surface area contributed by atoms with Gasteiger partial charge in [-0.15, -0.1) is 0 Å². The molecule has 1 aromatic carbocycles. The molecule has 0 unspecified atom stereocenters. The van der Waals surface area contributed by atoms with E-state index in [1.165, 1.54) is 5.56 Å². The second-order valence-electron chi connectivity index (χ2n) is 2.71. The second-order valence-corrected chi connectivity index (χ2v) is 3.79. The van der Waals surface area contributed by atoms with E-state index in [0.717, 1.165) is 14.9 Å². The highest BCUT2D eigenvalue weighted by atomic mass is 127. The molecule has 0 aromatic heterocycles. The van der Waals surface area contributed by atoms with Gasteiger partial charge >= 0.3 is 0 Å². The number of hydrogen-bond donors (Lipinski definition) is 0. The normalized spacial score (nSPS) is 9.38. The van der Waals surface area contributed by atoms with Crippen molar-refractivity contribution in [3.8, 4) is 11.8 Å². The summed E-state index contributed by atoms with van der Waals surface area (Å²) in [5.74, 6) is 0.802. The maximum Gasteiger partial charge on any atom is 0.124 e. The van der Waals surface area contributed by atoms with Gasteiger partial charge in [-0.05, 0) is 41.1 Å². The number of aryl methyl sites for hydroxylation is 1. The summed E-state index contributed by atoms with van der Waals surface area (Å²) in [7, 11) is 1.63. The molecule has 0 aliphatic heterocycles. The summed E-state index contributed by atoms with van der Waals surface area (Å²) in [4.78, 5) is 0. The first-order valence-corrected chi connectivity index (χ1v) is 4.97. The minimum Gasteiger partial charge on any atom is -0.496 e. The maximum absolute atomic E-state index is 8.65. The van der Waals surface area contributed by atoms with E-state index in [1.54, 1.807) is 7.11 Å². The molecule has 0 atom stereocenters. The van der Waals surface area contributed by atoms with E-state index in [2.05, 4.69) is 28.7 Å². The molecule has 1 aromatic rings. The fraction of sp³-hybridized carbons (Fsp3) is 0.300. The molecular weight excluding hydrogens is 277 g/mol. The summed E-state index contributed by atoms with van der Waals surface area (Å²) >= 11 is 2.25. The maximum atomic E-state index is 8.65. The Bertz CT molecular complexity index is 355. The highest BCUT2D eigenvalue weighted by Gasteiger charge is 2.08. The lowest BCUT2D eigenvalue weighted by atomic mass is 10.1. The number of halogens is 1. The molecule has 0 amide bonds. The van der Waals surface area contributed by atoms with Gasteiger partial charge in [0.2, 0.25) is 0 Å². The van der Waals surface area contributed by atoms with E-state index in [-0.39, 0.29) is 0 Å². The molecule has 0 radical (unpaired) electrons. The molecule has 0 spiro atoms. The monoisotopic (exact) mass is 287 g/mol. The van der Waals surface area contributed by atoms with E-state index < -0.39 is 0 Å². The van der Waals surface area contributed by atoms with Gasteiger partial charge in [-0.3, -0.25) is 0 Å². The molecule has 0 aliphatic carbocycles. The topological polar surface area (TPSA) is 33.0 Å². The number of nitriles is 1. The van der Waals surface area contributed by atoms with Crippen molar-refractivity contribution >= 4 is 22.6 Å². The lowest BCUT2D eigenvalue weighted by Gasteiger charge is -2.09. The van der Waals surface area contributed by atoms with Crippen LogP contribution in [0.2, 0.25) is 0 Å². The fourth-order valence-corrected chi connectivity index (χ4v) is 1.79. The molecule has 0 saturated carbocycles. The van der Waals surface area contributed by atoms with Gasteiger partial charge in [-0.2, -0.15) is 5.26 Å². The first kappa shape index (κ1) is 10.3. The highest BCUT2D eigenvalue weighted by molar-refractivity contribution is 14.1. The standard InChI is InChI=1S/C10H10INO/c1-7-3-4-9(13-2)8(5-6-12)10(7)11/h3-4H,5H2,1-2H3. The van der Waals surface area contributed by atoms with Crippen LogP contribution in [0.1, 0.15) is 11.1 Å². The summed E-state index contributed by atoms with van der Waals surface area (Å²) < 4.78 is 6.30. The summed E-state index contributed by atoms with van der Waals surface area (Å²) in [6.07, 6.45) is 0.406. The summed E-state index contributed by atoms with van der Waals surface area (Å²) in [5, 5.41) is 8.65. The lowest BCUT2D eigenvalue weighted by molar-refractivity contribution is 0.410. The molecule has 13 heavy (non-hydrogen) atoms. The van der Waals surface area contributed by atoms with Crippen LogP contribution in [0.25, 0.3) is 0 Å². The summed E-state index contributed by atoms with van der Waals surface area (Å²) in [6, 6.07) is 6.05. The first-order valence-electron chi connectivity index (χ1n) is 3.89. The molecule has 1 rings (SSSR count). The van der Waals surface area contributed by atoms with E-state index in [9.17, 15) is 0 Å². The van der Waals surface area contributed by atoms with E-state index >= 15 is 0 Å². The first-order chi connectivity index (χ1) is 6.20. The predicted molar refractivity (Wildman–Crippen MR) is 59.8 cm³/mol. The number of rotatable bonds is 2. The minimum absolute atomic E-state index is 0.406. The molecule has 0 bridgehead atoms. The molecule has 0 aliphatic rings. The van der Waals surface area contributed by atoms with Gasteiger partial charge in [0.1, 0.15) is 5.75 Å². The van der Waals surface area contributed by atoms with Crippen molar-refractivity contribution in [3.05, 3.63) is 26.8 Å². The van der Waals surface area contributed by atoms with Crippen molar-refractivity contribution in [2.45, 2.75) is 13.3 Å². The second kappa shape index (κ2) is 4.47. The Hall–Kier alpha value is -0.760. The molecule has 3 heteroatoms. The van der Waals surface area contributed by atoms with Crippen LogP contribution in [0.3, 0.4) is 0 Å². The Balaban J connectivity index is 3.25. The predicted octanol–water partition coefficient (Wildman–Crippen LogP) is 2.67. The van der Waals surface area contributed by atoms with Crippen LogP contribution in [0, 0.1) is 21.8 Å². The van der Waals surface area contributed by atoms with Crippen molar-refractivity contribution in [2.75, 3.05) is 7.11 Å². The number of nitrogens with zero attached hydrogens (tertiary/aromatic N) is 1. The highest BCUT2D eigenvalue weighted by Crippen LogP contribution is 2.26. The van der Waals surface area contributed by atoms with Crippen molar-refractivity contribution in [1.82, 2.24) is 0 Å². The molecule has 0 saturated heterocycles. The van der Waals surface area contributed by atoms with Gasteiger partial charge < -0.3 is 4.74 Å². The lowest BCUT2D eigenvalue weighted by Crippen LogP contribution is -1.96. The van der Waals surface area contributed by atoms with Crippen molar-refractivity contribution in [1.29, 1.82) is 5.26 Å². The minimum atomic E-state index is 0.406. The quantitative estimate of drug-likeness (QED) is 0.783. The molecule has 0 fully saturated rings. The average Bonchev–Trinajstić information content (AvgIpc) is 2.14. The zero-order valence-electron chi connectivity index (χ0n) is 7.60. The van der Waals surface area contributed by atoms with Crippen LogP contribution in [-0.2, 0) is 6.42 Å². The Morgan fingerprint density at radius 3 is 2.77 bits per heavy atom. The molecular formula is C10H10INO. The molecule has 0 heterocycles. The zero-order valence-corrected chi connectivity index (χ0v) is 9.75. The third-order valence-corrected chi connectivity index (χ3v) is 3.37. The fourth-order valence-electron chi connectivity index (χ4n) is 1.16. The van der Waals surface area contributed by atoms with E-state index in [1.807, 2.05) is 19.1 Å². The Kier molecular flexibility index (Phi) is 3.55. The smallest absolute Gasteiger partial charge is 0.124 e. The Morgan fingerprint density at radius 2 is 2.23 bits per heavy atom. The van der Waals surface area contributed by atoms with Crippen LogP contribution < -0.4 is 4.74 Å². The molecule has 0 N–H and O–H groups in total. The van der Waals surface area contributed by atoms with Crippen LogP contribution >= 0.6 is 22.6 Å². The molecule has 68 valence electrons. The third kappa shape index (κ3) is 2.13. The van der Waals surface area contributed by atoms with Gasteiger partial charge in [0.15, 0.2) is 0 Å². The van der Waals surface area contributed by atoms with Crippen LogP contribution in [0.5, 0.6) is 5.75 Å². The van der Waals surface area contributed by atoms with Gasteiger partial charge in [0.25, 0.3) is 0 Å². The molecule has 2 nitrogen and oxygen atoms in total. The van der Waals surface area contributed by atoms with Crippen molar-refractivity contribution in [3.63, 3.8) is 0 Å². The number of ether oxygens (including phenoxy) is 1. The van der Waals surface area contributed by atoms with Gasteiger partial charge in [-0.25, -0.2) is 0 Å². The third-order valence-electron chi connectivity index (χ3n) is 1.87. The van der Waals surface area contributed by atoms with Crippen LogP contribution in [0.15, 0.2) is 12.1 Å². The number of hydrogen-bond acceptors (Lipinski definition) is 2. The van der Waals surface area contributed by atoms with Crippen molar-refractivity contribution in [2.24, 2.45) is 0 Å². The summed E-state index contributed by atoms with van der Waals surface area (Å²) in [5.41, 5.74) is 2.18. The van der Waals surface area contributed by atoms with Gasteiger partial charge in [0.05, 0.1) is 19.6 Å². The Morgan fingerprint density at radius 1 is 1.54 bits per heavy atom. The number of methoxy groups -OCH3 is 1. The summed E-state index contributed by atoms with van der Waals surface area (Å²) in [6.45, 7) is 2.03. The van der Waals surface area contributed by atoms with Crippen molar-refractivity contribution < 1.29 is 4.74 Å². The zero-order chi connectivity index (χ0) is 9.84. The SMILES string of the molecule is COc1ccc(C)c(I)c1CC#N. The van der Waals surface area contributed by atoms with E-state index in [4.69, 9.17) is 10.00 Å². The largest absolute Gasteiger partial charge is 0.496 e. The Labute approximate surface area is 91.7 Å². The van der Waals surface area contributed by atoms with E-state index in [0.29, 0.717) is 6.42 Å². The van der Waals surface area contributed by atoms with Gasteiger partial charge in [-0.1, -0.05) is 6.07 Å².